The first-order chi connectivity index (χ1) is 21.9. The molecule has 2 fully saturated rings. The van der Waals surface area contributed by atoms with Crippen molar-refractivity contribution in [1.82, 2.24) is 0 Å². The maximum Gasteiger partial charge on any atom is 0.335 e. The van der Waals surface area contributed by atoms with Crippen LogP contribution in [0.1, 0.15) is 61.9 Å². The minimum Gasteiger partial charge on any atom is -0.478 e. The first-order valence-corrected chi connectivity index (χ1v) is 15.7. The molecule has 10 heteroatoms. The molecule has 2 aromatic rings. The summed E-state index contributed by atoms with van der Waals surface area (Å²) in [5, 5.41) is 40.9. The first kappa shape index (κ1) is 31.7. The fraction of sp³-hybridized carbons (Fsp3) is 0.444. The number of fused-ring (bicyclic) bond motifs is 5. The standard InChI is InChI=1S/C36H38N2O8/c1-34-15-13-25(39)18-23(34)9-12-26-27-14-16-36(45,35(27,2)19-29(40)32(26)34)30(41)20-46-31(42)17-22-5-3-4-6-28(22)38-37-24-10-7-21(8-11-24)33(43)44/h3-11,13,15,26-27,29,32,40,45H,12,14,16-20H2,1-2H3,(H,43,44). The number of Topliss-reactive ketones (excluding diaryl/α,β-unsaturated/α-hetero) is 1. The Balaban J connectivity index is 1.12. The van der Waals surface area contributed by atoms with Crippen LogP contribution >= 0.6 is 0 Å². The van der Waals surface area contributed by atoms with E-state index in [0.717, 1.165) is 5.57 Å². The van der Waals surface area contributed by atoms with Crippen LogP contribution < -0.4 is 0 Å². The number of ketones is 2. The minimum atomic E-state index is -1.75. The highest BCUT2D eigenvalue weighted by atomic mass is 16.5. The predicted octanol–water partition coefficient (Wildman–Crippen LogP) is 5.46. The Labute approximate surface area is 266 Å². The van der Waals surface area contributed by atoms with Gasteiger partial charge in [0.15, 0.2) is 12.4 Å². The third kappa shape index (κ3) is 5.33. The number of carbonyl (C=O) groups excluding carboxylic acids is 3. The number of hydrogen-bond donors (Lipinski definition) is 3. The summed E-state index contributed by atoms with van der Waals surface area (Å²) in [7, 11) is 0. The topological polar surface area (TPSA) is 163 Å². The number of aliphatic hydroxyl groups excluding tert-OH is 1. The Morgan fingerprint density at radius 1 is 1.04 bits per heavy atom. The van der Waals surface area contributed by atoms with Gasteiger partial charge in [-0.25, -0.2) is 4.79 Å². The highest BCUT2D eigenvalue weighted by Crippen LogP contribution is 2.66. The average Bonchev–Trinajstić information content (AvgIpc) is 3.30. The molecule has 4 aliphatic rings. The molecule has 7 atom stereocenters. The van der Waals surface area contributed by atoms with Crippen LogP contribution in [0, 0.1) is 28.6 Å². The van der Waals surface area contributed by atoms with Crippen molar-refractivity contribution in [2.75, 3.05) is 6.61 Å². The summed E-state index contributed by atoms with van der Waals surface area (Å²) in [6.45, 7) is 3.37. The first-order valence-electron chi connectivity index (χ1n) is 15.7. The molecule has 46 heavy (non-hydrogen) atoms. The van der Waals surface area contributed by atoms with Gasteiger partial charge in [-0.2, -0.15) is 10.2 Å². The zero-order valence-electron chi connectivity index (χ0n) is 25.9. The lowest BCUT2D eigenvalue weighted by Crippen LogP contribution is -2.61. The van der Waals surface area contributed by atoms with Gasteiger partial charge in [0.25, 0.3) is 0 Å². The van der Waals surface area contributed by atoms with Crippen molar-refractivity contribution >= 4 is 34.9 Å². The van der Waals surface area contributed by atoms with Crippen molar-refractivity contribution in [1.29, 1.82) is 0 Å². The summed E-state index contributed by atoms with van der Waals surface area (Å²) in [5.41, 5.74) is -0.557. The van der Waals surface area contributed by atoms with Crippen molar-refractivity contribution < 1.29 is 39.2 Å². The van der Waals surface area contributed by atoms with Crippen LogP contribution in [0.4, 0.5) is 11.4 Å². The zero-order valence-corrected chi connectivity index (χ0v) is 25.9. The molecule has 0 heterocycles. The van der Waals surface area contributed by atoms with Crippen molar-refractivity contribution in [3.8, 4) is 0 Å². The minimum absolute atomic E-state index is 0.0243. The van der Waals surface area contributed by atoms with E-state index in [1.807, 2.05) is 13.0 Å². The lowest BCUT2D eigenvalue weighted by molar-refractivity contribution is -0.179. The summed E-state index contributed by atoms with van der Waals surface area (Å²) in [6, 6.07) is 12.7. The Bertz CT molecular complexity index is 1680. The summed E-state index contributed by atoms with van der Waals surface area (Å²) in [6.07, 6.45) is 6.81. The molecular weight excluding hydrogens is 588 g/mol. The molecule has 0 radical (unpaired) electrons. The number of carboxylic acid groups (broad SMARTS) is 1. The molecule has 10 nitrogen and oxygen atoms in total. The maximum atomic E-state index is 13.6. The fourth-order valence-electron chi connectivity index (χ4n) is 8.71. The summed E-state index contributed by atoms with van der Waals surface area (Å²) in [4.78, 5) is 49.7. The lowest BCUT2D eigenvalue weighted by Gasteiger charge is -2.58. The van der Waals surface area contributed by atoms with Gasteiger partial charge in [-0.15, -0.1) is 0 Å². The highest BCUT2D eigenvalue weighted by molar-refractivity contribution is 5.93. The van der Waals surface area contributed by atoms with E-state index >= 15 is 0 Å². The second-order valence-corrected chi connectivity index (χ2v) is 13.5. The molecule has 7 unspecified atom stereocenters. The number of aromatic carboxylic acids is 1. The molecule has 0 aliphatic heterocycles. The number of benzene rings is 2. The van der Waals surface area contributed by atoms with Gasteiger partial charge in [-0.1, -0.05) is 49.8 Å². The second-order valence-electron chi connectivity index (χ2n) is 13.5. The molecular formula is C36H38N2O8. The number of allylic oxidation sites excluding steroid dienone is 4. The van der Waals surface area contributed by atoms with E-state index in [9.17, 15) is 29.4 Å². The van der Waals surface area contributed by atoms with Crippen molar-refractivity contribution in [3.63, 3.8) is 0 Å². The molecule has 2 aromatic carbocycles. The van der Waals surface area contributed by atoms with E-state index in [0.29, 0.717) is 36.2 Å². The van der Waals surface area contributed by atoms with Gasteiger partial charge in [0.1, 0.15) is 5.60 Å². The average molecular weight is 627 g/mol. The predicted molar refractivity (Wildman–Crippen MR) is 167 cm³/mol. The summed E-state index contributed by atoms with van der Waals surface area (Å²) < 4.78 is 5.40. The SMILES string of the molecule is CC12C=CC(=O)CC1=CCC1C2C(O)CC2(C)C1CCC2(O)C(=O)COC(=O)Cc1ccccc1N=Nc1ccc(C(=O)O)cc1. The normalized spacial score (nSPS) is 33.1. The van der Waals surface area contributed by atoms with E-state index in [1.54, 1.807) is 30.3 Å². The van der Waals surface area contributed by atoms with Crippen LogP contribution in [0.15, 0.2) is 82.6 Å². The Hall–Kier alpha value is -4.28. The highest BCUT2D eigenvalue weighted by Gasteiger charge is 2.68. The molecule has 0 bridgehead atoms. The van der Waals surface area contributed by atoms with Crippen LogP contribution in [0.25, 0.3) is 0 Å². The number of azo groups is 1. The van der Waals surface area contributed by atoms with Gasteiger partial charge in [-0.05, 0) is 79.5 Å². The van der Waals surface area contributed by atoms with Gasteiger partial charge >= 0.3 is 11.9 Å². The van der Waals surface area contributed by atoms with Crippen LogP contribution in [0.2, 0.25) is 0 Å². The van der Waals surface area contributed by atoms with Gasteiger partial charge in [-0.3, -0.25) is 14.4 Å². The zero-order chi connectivity index (χ0) is 32.9. The van der Waals surface area contributed by atoms with Gasteiger partial charge in [0.2, 0.25) is 5.78 Å². The number of carboxylic acids is 1. The van der Waals surface area contributed by atoms with Crippen molar-refractivity contribution in [3.05, 3.63) is 83.5 Å². The van der Waals surface area contributed by atoms with E-state index in [2.05, 4.69) is 23.2 Å². The third-order valence-electron chi connectivity index (χ3n) is 11.1. The number of rotatable bonds is 8. The molecule has 0 spiro atoms. The van der Waals surface area contributed by atoms with E-state index < -0.39 is 46.9 Å². The second kappa shape index (κ2) is 11.8. The Kier molecular flexibility index (Phi) is 8.14. The molecule has 0 aromatic heterocycles. The number of ether oxygens (including phenoxy) is 1. The largest absolute Gasteiger partial charge is 0.478 e. The van der Waals surface area contributed by atoms with Crippen molar-refractivity contribution in [2.45, 2.75) is 64.1 Å². The third-order valence-corrected chi connectivity index (χ3v) is 11.1. The van der Waals surface area contributed by atoms with Gasteiger partial charge in [0.05, 0.1) is 29.5 Å². The van der Waals surface area contributed by atoms with Crippen molar-refractivity contribution in [2.24, 2.45) is 38.8 Å². The summed E-state index contributed by atoms with van der Waals surface area (Å²) in [5.74, 6) is -2.33. The number of esters is 1. The molecule has 2 saturated carbocycles. The van der Waals surface area contributed by atoms with E-state index in [-0.39, 0.29) is 48.4 Å². The van der Waals surface area contributed by atoms with Gasteiger partial charge in [0, 0.05) is 23.2 Å². The number of nitrogens with zero attached hydrogens (tertiary/aromatic N) is 2. The molecule has 4 aliphatic carbocycles. The van der Waals surface area contributed by atoms with Crippen LogP contribution in [0.3, 0.4) is 0 Å². The monoisotopic (exact) mass is 626 g/mol. The molecule has 3 N–H and O–H groups in total. The maximum absolute atomic E-state index is 13.6. The molecule has 0 amide bonds. The lowest BCUT2D eigenvalue weighted by atomic mass is 9.47. The van der Waals surface area contributed by atoms with E-state index in [4.69, 9.17) is 9.84 Å². The van der Waals surface area contributed by atoms with E-state index in [1.165, 1.54) is 24.3 Å². The summed E-state index contributed by atoms with van der Waals surface area (Å²) >= 11 is 0. The van der Waals surface area contributed by atoms with Gasteiger partial charge < -0.3 is 20.1 Å². The fourth-order valence-corrected chi connectivity index (χ4v) is 8.71. The van der Waals surface area contributed by atoms with Crippen LogP contribution in [-0.2, 0) is 25.5 Å². The quantitative estimate of drug-likeness (QED) is 0.197. The number of hydrogen-bond acceptors (Lipinski definition) is 9. The Morgan fingerprint density at radius 2 is 1.78 bits per heavy atom. The smallest absolute Gasteiger partial charge is 0.335 e. The Morgan fingerprint density at radius 3 is 2.52 bits per heavy atom. The number of aliphatic hydroxyl groups is 2. The molecule has 6 rings (SSSR count). The van der Waals surface area contributed by atoms with Crippen LogP contribution in [0.5, 0.6) is 0 Å². The molecule has 240 valence electrons. The van der Waals surface area contributed by atoms with Crippen LogP contribution in [-0.4, -0.2) is 57.1 Å². The molecule has 0 saturated heterocycles. The number of carbonyl (C=O) groups is 4.